The van der Waals surface area contributed by atoms with Gasteiger partial charge in [-0.3, -0.25) is 9.78 Å². The predicted molar refractivity (Wildman–Crippen MR) is 92.7 cm³/mol. The van der Waals surface area contributed by atoms with Gasteiger partial charge >= 0.3 is 0 Å². The molecule has 0 aliphatic heterocycles. The second kappa shape index (κ2) is 10.0. The van der Waals surface area contributed by atoms with Crippen molar-refractivity contribution in [2.75, 3.05) is 32.1 Å². The Morgan fingerprint density at radius 1 is 1.35 bits per heavy atom. The van der Waals surface area contributed by atoms with Crippen molar-refractivity contribution in [1.82, 2.24) is 10.3 Å². The number of pyridine rings is 1. The van der Waals surface area contributed by atoms with E-state index in [9.17, 15) is 4.79 Å². The lowest BCUT2D eigenvalue weighted by atomic mass is 9.97. The highest BCUT2D eigenvalue weighted by Gasteiger charge is 2.08. The molecule has 1 aliphatic rings. The van der Waals surface area contributed by atoms with Gasteiger partial charge < -0.3 is 15.4 Å². The van der Waals surface area contributed by atoms with E-state index in [1.807, 2.05) is 6.07 Å². The molecule has 126 valence electrons. The van der Waals surface area contributed by atoms with E-state index >= 15 is 0 Å². The van der Waals surface area contributed by atoms with Crippen molar-refractivity contribution in [3.8, 4) is 0 Å². The van der Waals surface area contributed by atoms with Crippen molar-refractivity contribution in [1.29, 1.82) is 0 Å². The molecule has 5 nitrogen and oxygen atoms in total. The Hall–Kier alpha value is -1.88. The summed E-state index contributed by atoms with van der Waals surface area (Å²) in [7, 11) is 1.65. The van der Waals surface area contributed by atoms with E-state index in [0.29, 0.717) is 18.8 Å². The average Bonchev–Trinajstić information content (AvgIpc) is 2.60. The third-order valence-electron chi connectivity index (χ3n) is 3.96. The van der Waals surface area contributed by atoms with Gasteiger partial charge in [-0.05, 0) is 50.7 Å². The second-order valence-electron chi connectivity index (χ2n) is 5.82. The smallest absolute Gasteiger partial charge is 0.269 e. The maximum Gasteiger partial charge on any atom is 0.269 e. The van der Waals surface area contributed by atoms with Gasteiger partial charge in [-0.25, -0.2) is 0 Å². The van der Waals surface area contributed by atoms with Crippen molar-refractivity contribution in [3.63, 3.8) is 0 Å². The summed E-state index contributed by atoms with van der Waals surface area (Å²) < 4.78 is 4.96. The van der Waals surface area contributed by atoms with E-state index in [0.717, 1.165) is 25.1 Å². The molecule has 2 rings (SSSR count). The minimum absolute atomic E-state index is 0.139. The molecule has 2 N–H and O–H groups in total. The second-order valence-corrected chi connectivity index (χ2v) is 5.82. The molecule has 1 aliphatic carbocycles. The molecule has 0 saturated heterocycles. The number of ether oxygens (including phenoxy) is 1. The summed E-state index contributed by atoms with van der Waals surface area (Å²) >= 11 is 0. The minimum Gasteiger partial charge on any atom is -0.385 e. The molecule has 5 heteroatoms. The van der Waals surface area contributed by atoms with Crippen LogP contribution < -0.4 is 10.6 Å². The van der Waals surface area contributed by atoms with Crippen LogP contribution >= 0.6 is 0 Å². The molecule has 0 fully saturated rings. The van der Waals surface area contributed by atoms with Gasteiger partial charge in [0.1, 0.15) is 5.69 Å². The number of anilines is 1. The van der Waals surface area contributed by atoms with Gasteiger partial charge in [0.2, 0.25) is 0 Å². The number of hydrogen-bond donors (Lipinski definition) is 2. The third-order valence-corrected chi connectivity index (χ3v) is 3.96. The van der Waals surface area contributed by atoms with Crippen molar-refractivity contribution < 1.29 is 9.53 Å². The summed E-state index contributed by atoms with van der Waals surface area (Å²) in [5.74, 6) is -0.139. The predicted octanol–water partition coefficient (Wildman–Crippen LogP) is 3.15. The molecule has 1 aromatic heterocycles. The topological polar surface area (TPSA) is 63.2 Å². The molecular weight excluding hydrogens is 290 g/mol. The van der Waals surface area contributed by atoms with Crippen LogP contribution in [0.1, 0.15) is 49.0 Å². The molecule has 0 spiro atoms. The Balaban J connectivity index is 1.77. The molecule has 0 saturated carbocycles. The van der Waals surface area contributed by atoms with E-state index in [1.54, 1.807) is 24.9 Å². The number of allylic oxidation sites excluding steroid dienone is 1. The van der Waals surface area contributed by atoms with Crippen molar-refractivity contribution in [2.45, 2.75) is 38.5 Å². The van der Waals surface area contributed by atoms with Crippen LogP contribution in [-0.4, -0.2) is 37.7 Å². The van der Waals surface area contributed by atoms with Gasteiger partial charge in [0.05, 0.1) is 0 Å². The number of nitrogens with zero attached hydrogens (tertiary/aromatic N) is 1. The molecule has 1 amide bonds. The molecular formula is C18H27N3O2. The van der Waals surface area contributed by atoms with Crippen molar-refractivity contribution in [3.05, 3.63) is 35.7 Å². The number of aromatic nitrogens is 1. The first kappa shape index (κ1) is 17.5. The van der Waals surface area contributed by atoms with E-state index < -0.39 is 0 Å². The minimum atomic E-state index is -0.139. The summed E-state index contributed by atoms with van der Waals surface area (Å²) in [6, 6.07) is 3.71. The highest BCUT2D eigenvalue weighted by atomic mass is 16.5. The standard InChI is InChI=1S/C18H27N3O2/c1-23-13-5-10-21-18(22)17-14-16(9-12-20-17)19-11-8-15-6-3-2-4-7-15/h6,9,12,14H,2-5,7-8,10-11,13H2,1H3,(H,19,20)(H,21,22). The van der Waals surface area contributed by atoms with E-state index in [2.05, 4.69) is 21.7 Å². The monoisotopic (exact) mass is 317 g/mol. The lowest BCUT2D eigenvalue weighted by Gasteiger charge is -2.13. The maximum atomic E-state index is 12.0. The summed E-state index contributed by atoms with van der Waals surface area (Å²) in [6.07, 6.45) is 11.0. The number of nitrogens with one attached hydrogen (secondary N) is 2. The van der Waals surface area contributed by atoms with E-state index in [1.165, 1.54) is 25.7 Å². The number of carbonyl (C=O) groups is 1. The SMILES string of the molecule is COCCCNC(=O)c1cc(NCCC2=CCCCC2)ccn1. The lowest BCUT2D eigenvalue weighted by Crippen LogP contribution is -2.26. The van der Waals surface area contributed by atoms with E-state index in [-0.39, 0.29) is 5.91 Å². The zero-order chi connectivity index (χ0) is 16.3. The zero-order valence-corrected chi connectivity index (χ0v) is 13.9. The highest BCUT2D eigenvalue weighted by Crippen LogP contribution is 2.20. The molecule has 0 atom stereocenters. The van der Waals surface area contributed by atoms with Crippen LogP contribution in [0, 0.1) is 0 Å². The molecule has 0 aromatic carbocycles. The molecule has 0 radical (unpaired) electrons. The van der Waals surface area contributed by atoms with Crippen LogP contribution in [0.15, 0.2) is 30.0 Å². The van der Waals surface area contributed by atoms with Gasteiger partial charge in [-0.15, -0.1) is 0 Å². The van der Waals surface area contributed by atoms with Crippen LogP contribution in [-0.2, 0) is 4.74 Å². The maximum absolute atomic E-state index is 12.0. The number of carbonyl (C=O) groups excluding carboxylic acids is 1. The number of rotatable bonds is 9. The van der Waals surface area contributed by atoms with E-state index in [4.69, 9.17) is 4.74 Å². The largest absolute Gasteiger partial charge is 0.385 e. The first-order valence-corrected chi connectivity index (χ1v) is 8.44. The lowest BCUT2D eigenvalue weighted by molar-refractivity contribution is 0.0943. The van der Waals surface area contributed by atoms with Crippen LogP contribution in [0.25, 0.3) is 0 Å². The van der Waals surface area contributed by atoms with Crippen LogP contribution in [0.3, 0.4) is 0 Å². The third kappa shape index (κ3) is 6.40. The Morgan fingerprint density at radius 2 is 2.26 bits per heavy atom. The number of hydrogen-bond acceptors (Lipinski definition) is 4. The van der Waals surface area contributed by atoms with Crippen LogP contribution in [0.5, 0.6) is 0 Å². The summed E-state index contributed by atoms with van der Waals surface area (Å²) in [5, 5.41) is 6.23. The Bertz CT molecular complexity index is 529. The van der Waals surface area contributed by atoms with Gasteiger partial charge in [0, 0.05) is 38.7 Å². The normalized spacial score (nSPS) is 14.2. The Morgan fingerprint density at radius 3 is 3.04 bits per heavy atom. The van der Waals surface area contributed by atoms with Crippen LogP contribution in [0.4, 0.5) is 5.69 Å². The summed E-state index contributed by atoms with van der Waals surface area (Å²) in [4.78, 5) is 16.2. The average molecular weight is 317 g/mol. The van der Waals surface area contributed by atoms with Crippen molar-refractivity contribution >= 4 is 11.6 Å². The fourth-order valence-electron chi connectivity index (χ4n) is 2.67. The van der Waals surface area contributed by atoms with Gasteiger partial charge in [0.25, 0.3) is 5.91 Å². The Kier molecular flexibility index (Phi) is 7.60. The first-order valence-electron chi connectivity index (χ1n) is 8.44. The van der Waals surface area contributed by atoms with Gasteiger partial charge in [0.15, 0.2) is 0 Å². The fraction of sp³-hybridized carbons (Fsp3) is 0.556. The molecule has 0 unspecified atom stereocenters. The number of amides is 1. The molecule has 0 bridgehead atoms. The van der Waals surface area contributed by atoms with Crippen molar-refractivity contribution in [2.24, 2.45) is 0 Å². The number of methoxy groups -OCH3 is 1. The Labute approximate surface area is 138 Å². The first-order chi connectivity index (χ1) is 11.3. The summed E-state index contributed by atoms with van der Waals surface area (Å²) in [6.45, 7) is 2.13. The zero-order valence-electron chi connectivity index (χ0n) is 13.9. The van der Waals surface area contributed by atoms with Crippen LogP contribution in [0.2, 0.25) is 0 Å². The highest BCUT2D eigenvalue weighted by molar-refractivity contribution is 5.93. The summed E-state index contributed by atoms with van der Waals surface area (Å²) in [5.41, 5.74) is 2.94. The fourth-order valence-corrected chi connectivity index (χ4v) is 2.67. The molecule has 23 heavy (non-hydrogen) atoms. The molecule has 1 heterocycles. The van der Waals surface area contributed by atoms with Gasteiger partial charge in [-0.2, -0.15) is 0 Å². The van der Waals surface area contributed by atoms with Gasteiger partial charge in [-0.1, -0.05) is 11.6 Å². The quantitative estimate of drug-likeness (QED) is 0.542. The molecule has 1 aromatic rings.